The molecule has 1 amide bonds. The minimum atomic E-state index is -3.75. The Labute approximate surface area is 85.5 Å². The molecule has 78 valence electrons. The Hall–Kier alpha value is -0.340. The molecule has 0 aliphatic heterocycles. The number of nitrogens with zero attached hydrogens (tertiary/aromatic N) is 1. The summed E-state index contributed by atoms with van der Waals surface area (Å²) in [6, 6.07) is 0. The lowest BCUT2D eigenvalue weighted by atomic mass is 10.8. The van der Waals surface area contributed by atoms with Gasteiger partial charge in [0.1, 0.15) is 0 Å². The highest BCUT2D eigenvalue weighted by molar-refractivity contribution is 9.09. The third kappa shape index (κ3) is 4.44. The number of halogens is 1. The molecule has 0 saturated heterocycles. The fourth-order valence-corrected chi connectivity index (χ4v) is 2.01. The average molecular weight is 275 g/mol. The van der Waals surface area contributed by atoms with E-state index >= 15 is 0 Å². The Morgan fingerprint density at radius 2 is 2.15 bits per heavy atom. The van der Waals surface area contributed by atoms with Crippen LogP contribution in [0.2, 0.25) is 0 Å². The molecule has 0 spiro atoms. The largest absolute Gasteiger partial charge is 0.452 e. The van der Waals surface area contributed by atoms with Gasteiger partial charge in [-0.15, -0.1) is 0 Å². The molecule has 0 aromatic rings. The second-order valence-corrected chi connectivity index (χ2v) is 4.68. The van der Waals surface area contributed by atoms with Crippen molar-refractivity contribution in [3.8, 4) is 0 Å². The fraction of sp³-hybridized carbons (Fsp3) is 0.800. The van der Waals surface area contributed by atoms with E-state index < -0.39 is 16.3 Å². The molecule has 0 radical (unpaired) electrons. The van der Waals surface area contributed by atoms with Crippen molar-refractivity contribution >= 4 is 32.2 Å². The van der Waals surface area contributed by atoms with Crippen molar-refractivity contribution in [2.75, 3.05) is 26.0 Å². The minimum Gasteiger partial charge on any atom is -0.452 e. The van der Waals surface area contributed by atoms with Crippen molar-refractivity contribution in [2.24, 2.45) is 0 Å². The predicted octanol–water partition coefficient (Wildman–Crippen LogP) is -0.0861. The molecule has 0 aromatic carbocycles. The molecule has 0 rings (SSSR count). The number of hydrogen-bond donors (Lipinski definition) is 1. The number of hydrogen-bond acceptors (Lipinski definition) is 4. The quantitative estimate of drug-likeness (QED) is 0.728. The number of ether oxygens (including phenoxy) is 1. The monoisotopic (exact) mass is 274 g/mol. The molecule has 1 N–H and O–H groups in total. The molecule has 0 aliphatic rings. The van der Waals surface area contributed by atoms with Gasteiger partial charge in [-0.1, -0.05) is 15.9 Å². The van der Waals surface area contributed by atoms with Crippen molar-refractivity contribution in [2.45, 2.75) is 0 Å². The lowest BCUT2D eigenvalue weighted by molar-refractivity contribution is 0.177. The van der Waals surface area contributed by atoms with E-state index in [1.54, 1.807) is 4.72 Å². The third-order valence-electron chi connectivity index (χ3n) is 1.21. The zero-order valence-electron chi connectivity index (χ0n) is 7.28. The van der Waals surface area contributed by atoms with Crippen molar-refractivity contribution in [1.29, 1.82) is 0 Å². The Balaban J connectivity index is 4.31. The highest BCUT2D eigenvalue weighted by atomic mass is 79.9. The van der Waals surface area contributed by atoms with Crippen molar-refractivity contribution in [3.05, 3.63) is 0 Å². The fourth-order valence-electron chi connectivity index (χ4n) is 0.464. The smallest absolute Gasteiger partial charge is 0.421 e. The molecule has 6 nitrogen and oxygen atoms in total. The summed E-state index contributed by atoms with van der Waals surface area (Å²) in [5.41, 5.74) is 0. The van der Waals surface area contributed by atoms with Crippen LogP contribution < -0.4 is 4.72 Å². The summed E-state index contributed by atoms with van der Waals surface area (Å²) in [7, 11) is -1.31. The first-order valence-corrected chi connectivity index (χ1v) is 5.88. The van der Waals surface area contributed by atoms with Crippen LogP contribution in [0, 0.1) is 0 Å². The van der Waals surface area contributed by atoms with Crippen LogP contribution in [0.3, 0.4) is 0 Å². The first-order valence-electron chi connectivity index (χ1n) is 3.32. The summed E-state index contributed by atoms with van der Waals surface area (Å²) in [5.74, 6) is 0. The third-order valence-corrected chi connectivity index (χ3v) is 2.99. The number of amides is 1. The van der Waals surface area contributed by atoms with Gasteiger partial charge in [0.05, 0.1) is 7.11 Å². The van der Waals surface area contributed by atoms with Gasteiger partial charge in [0, 0.05) is 18.9 Å². The van der Waals surface area contributed by atoms with Gasteiger partial charge < -0.3 is 4.74 Å². The highest BCUT2D eigenvalue weighted by Crippen LogP contribution is 1.95. The number of methoxy groups -OCH3 is 1. The lowest BCUT2D eigenvalue weighted by Gasteiger charge is -2.15. The number of carbonyl (C=O) groups excluding carboxylic acids is 1. The van der Waals surface area contributed by atoms with Crippen LogP contribution in [0.5, 0.6) is 0 Å². The Morgan fingerprint density at radius 1 is 1.62 bits per heavy atom. The summed E-state index contributed by atoms with van der Waals surface area (Å²) >= 11 is 3.08. The van der Waals surface area contributed by atoms with Crippen molar-refractivity contribution in [1.82, 2.24) is 9.03 Å². The first kappa shape index (κ1) is 12.7. The Kier molecular flexibility index (Phi) is 5.26. The molecule has 0 heterocycles. The summed E-state index contributed by atoms with van der Waals surface area (Å²) in [5, 5.41) is 0.492. The van der Waals surface area contributed by atoms with E-state index in [-0.39, 0.29) is 6.54 Å². The summed E-state index contributed by atoms with van der Waals surface area (Å²) in [4.78, 5) is 10.6. The van der Waals surface area contributed by atoms with Crippen LogP contribution in [-0.2, 0) is 14.9 Å². The zero-order chi connectivity index (χ0) is 10.5. The molecular formula is C5H11BrN2O4S. The second kappa shape index (κ2) is 5.40. The predicted molar refractivity (Wildman–Crippen MR) is 50.9 cm³/mol. The van der Waals surface area contributed by atoms with Crippen LogP contribution in [0.4, 0.5) is 4.79 Å². The van der Waals surface area contributed by atoms with Gasteiger partial charge in [0.25, 0.3) is 0 Å². The molecule has 0 saturated carbocycles. The van der Waals surface area contributed by atoms with Gasteiger partial charge in [-0.3, -0.25) is 0 Å². The topological polar surface area (TPSA) is 75.7 Å². The Bertz CT molecular complexity index is 266. The molecule has 0 fully saturated rings. The normalized spacial score (nSPS) is 11.4. The van der Waals surface area contributed by atoms with E-state index in [1.165, 1.54) is 7.05 Å². The van der Waals surface area contributed by atoms with E-state index in [1.807, 2.05) is 0 Å². The van der Waals surface area contributed by atoms with Crippen LogP contribution in [0.1, 0.15) is 0 Å². The van der Waals surface area contributed by atoms with E-state index in [0.29, 0.717) is 5.33 Å². The van der Waals surface area contributed by atoms with Crippen LogP contribution in [0.15, 0.2) is 0 Å². The molecule has 0 bridgehead atoms. The minimum absolute atomic E-state index is 0.270. The summed E-state index contributed by atoms with van der Waals surface area (Å²) < 4.78 is 29.2. The number of rotatable bonds is 4. The van der Waals surface area contributed by atoms with Crippen molar-refractivity contribution < 1.29 is 17.9 Å². The molecular weight excluding hydrogens is 264 g/mol. The number of carbonyl (C=O) groups is 1. The maximum absolute atomic E-state index is 11.2. The van der Waals surface area contributed by atoms with Gasteiger partial charge in [-0.25, -0.2) is 9.52 Å². The van der Waals surface area contributed by atoms with Gasteiger partial charge in [0.2, 0.25) is 0 Å². The number of nitrogens with one attached hydrogen (secondary N) is 1. The van der Waals surface area contributed by atoms with Crippen LogP contribution >= 0.6 is 15.9 Å². The Morgan fingerprint density at radius 3 is 2.54 bits per heavy atom. The van der Waals surface area contributed by atoms with Gasteiger partial charge in [-0.2, -0.15) is 12.7 Å². The maximum Gasteiger partial charge on any atom is 0.421 e. The van der Waals surface area contributed by atoms with E-state index in [2.05, 4.69) is 20.7 Å². The molecule has 0 unspecified atom stereocenters. The number of alkyl halides is 1. The standard InChI is InChI=1S/C5H11BrN2O4S/c1-8(4-3-6)13(10,11)7-5(9)12-2/h3-4H2,1-2H3,(H,7,9). The summed E-state index contributed by atoms with van der Waals surface area (Å²) in [6.07, 6.45) is -0.999. The molecule has 0 aromatic heterocycles. The van der Waals surface area contributed by atoms with Gasteiger partial charge in [0.15, 0.2) is 0 Å². The first-order chi connectivity index (χ1) is 5.94. The SMILES string of the molecule is COC(=O)NS(=O)(=O)N(C)CCBr. The zero-order valence-corrected chi connectivity index (χ0v) is 9.68. The molecule has 8 heteroatoms. The highest BCUT2D eigenvalue weighted by Gasteiger charge is 2.19. The van der Waals surface area contributed by atoms with Gasteiger partial charge >= 0.3 is 16.3 Å². The van der Waals surface area contributed by atoms with E-state index in [9.17, 15) is 13.2 Å². The van der Waals surface area contributed by atoms with Crippen LogP contribution in [0.25, 0.3) is 0 Å². The average Bonchev–Trinajstić information content (AvgIpc) is 2.04. The van der Waals surface area contributed by atoms with Crippen molar-refractivity contribution in [3.63, 3.8) is 0 Å². The molecule has 0 aliphatic carbocycles. The lowest BCUT2D eigenvalue weighted by Crippen LogP contribution is -2.42. The van der Waals surface area contributed by atoms with Crippen LogP contribution in [-0.4, -0.2) is 44.8 Å². The maximum atomic E-state index is 11.2. The molecule has 13 heavy (non-hydrogen) atoms. The molecule has 0 atom stereocenters. The van der Waals surface area contributed by atoms with E-state index in [4.69, 9.17) is 0 Å². The van der Waals surface area contributed by atoms with E-state index in [0.717, 1.165) is 11.4 Å². The van der Waals surface area contributed by atoms with Gasteiger partial charge in [-0.05, 0) is 0 Å². The summed E-state index contributed by atoms with van der Waals surface area (Å²) in [6.45, 7) is 0.270. The second-order valence-electron chi connectivity index (χ2n) is 2.11.